The Kier molecular flexibility index (Phi) is 3.40. The summed E-state index contributed by atoms with van der Waals surface area (Å²) in [5, 5.41) is 8.77. The minimum Gasteiger partial charge on any atom is -0.478 e. The number of aromatic carboxylic acids is 1. The highest BCUT2D eigenvalue weighted by atomic mass is 32.2. The van der Waals surface area contributed by atoms with Gasteiger partial charge < -0.3 is 14.5 Å². The summed E-state index contributed by atoms with van der Waals surface area (Å²) >= 11 is 0. The van der Waals surface area contributed by atoms with E-state index in [9.17, 15) is 13.2 Å². The van der Waals surface area contributed by atoms with Gasteiger partial charge in [-0.05, 0) is 13.0 Å². The zero-order chi connectivity index (χ0) is 14.0. The first-order chi connectivity index (χ1) is 8.90. The molecule has 2 aromatic rings. The van der Waals surface area contributed by atoms with Gasteiger partial charge in [-0.2, -0.15) is 0 Å². The van der Waals surface area contributed by atoms with Crippen LogP contribution in [0.4, 0.5) is 0 Å². The molecule has 0 atom stereocenters. The Morgan fingerprint density at radius 1 is 1.58 bits per heavy atom. The maximum atomic E-state index is 11.8. The van der Waals surface area contributed by atoms with Gasteiger partial charge in [-0.1, -0.05) is 0 Å². The fourth-order valence-electron chi connectivity index (χ4n) is 1.48. The van der Waals surface area contributed by atoms with Crippen LogP contribution in [-0.4, -0.2) is 29.5 Å². The van der Waals surface area contributed by atoms with E-state index in [1.54, 1.807) is 0 Å². The number of furan rings is 1. The Morgan fingerprint density at radius 3 is 2.84 bits per heavy atom. The van der Waals surface area contributed by atoms with Crippen LogP contribution in [0.3, 0.4) is 0 Å². The maximum absolute atomic E-state index is 11.8. The molecule has 19 heavy (non-hydrogen) atoms. The first-order valence-corrected chi connectivity index (χ1v) is 6.69. The number of carboxylic acid groups (broad SMARTS) is 1. The van der Waals surface area contributed by atoms with E-state index in [4.69, 9.17) is 9.52 Å². The van der Waals surface area contributed by atoms with Crippen molar-refractivity contribution in [1.82, 2.24) is 14.7 Å². The summed E-state index contributed by atoms with van der Waals surface area (Å²) in [7, 11) is -3.71. The average molecular weight is 285 g/mol. The second-order valence-electron chi connectivity index (χ2n) is 3.73. The minimum atomic E-state index is -3.71. The van der Waals surface area contributed by atoms with E-state index < -0.39 is 16.0 Å². The summed E-state index contributed by atoms with van der Waals surface area (Å²) in [5.74, 6) is -0.676. The quantitative estimate of drug-likeness (QED) is 0.734. The normalized spacial score (nSPS) is 11.6. The van der Waals surface area contributed by atoms with E-state index in [2.05, 4.69) is 14.7 Å². The number of aromatic nitrogens is 2. The highest BCUT2D eigenvalue weighted by Gasteiger charge is 2.18. The fourth-order valence-corrected chi connectivity index (χ4v) is 2.37. The summed E-state index contributed by atoms with van der Waals surface area (Å²) in [6.45, 7) is 1.35. The third-order valence-electron chi connectivity index (χ3n) is 2.40. The molecule has 0 aliphatic heterocycles. The van der Waals surface area contributed by atoms with Crippen molar-refractivity contribution in [2.45, 2.75) is 18.5 Å². The minimum absolute atomic E-state index is 0.00994. The third-order valence-corrected chi connectivity index (χ3v) is 3.72. The van der Waals surface area contributed by atoms with Gasteiger partial charge in [0.1, 0.15) is 17.1 Å². The standard InChI is InChI=1S/C10H11N3O5S/c1-6-8(10(14)15)2-7(18-6)3-13-19(16,17)9-4-11-5-12-9/h2,4-5,13H,3H2,1H3,(H,11,12)(H,14,15). The Balaban J connectivity index is 2.11. The Labute approximate surface area is 108 Å². The van der Waals surface area contributed by atoms with Crippen molar-refractivity contribution < 1.29 is 22.7 Å². The van der Waals surface area contributed by atoms with Crippen molar-refractivity contribution in [3.63, 3.8) is 0 Å². The molecule has 0 aromatic carbocycles. The summed E-state index contributed by atoms with van der Waals surface area (Å²) in [6.07, 6.45) is 2.41. The third kappa shape index (κ3) is 2.83. The molecule has 0 fully saturated rings. The number of imidazole rings is 1. The largest absolute Gasteiger partial charge is 0.478 e. The molecule has 3 N–H and O–H groups in total. The Morgan fingerprint density at radius 2 is 2.32 bits per heavy atom. The number of nitrogens with zero attached hydrogens (tertiary/aromatic N) is 1. The van der Waals surface area contributed by atoms with E-state index in [1.807, 2.05) is 0 Å². The molecule has 2 aromatic heterocycles. The number of sulfonamides is 1. The number of hydrogen-bond acceptors (Lipinski definition) is 5. The van der Waals surface area contributed by atoms with Crippen LogP contribution in [-0.2, 0) is 16.6 Å². The molecule has 0 radical (unpaired) electrons. The van der Waals surface area contributed by atoms with Crippen molar-refractivity contribution in [1.29, 1.82) is 0 Å². The number of rotatable bonds is 5. The zero-order valence-electron chi connectivity index (χ0n) is 9.87. The van der Waals surface area contributed by atoms with Crippen LogP contribution in [0.25, 0.3) is 0 Å². The molecule has 8 nitrogen and oxygen atoms in total. The van der Waals surface area contributed by atoms with Crippen LogP contribution in [0.2, 0.25) is 0 Å². The second kappa shape index (κ2) is 4.86. The maximum Gasteiger partial charge on any atom is 0.339 e. The van der Waals surface area contributed by atoms with E-state index in [-0.39, 0.29) is 28.7 Å². The SMILES string of the molecule is Cc1oc(CNS(=O)(=O)c2cnc[nH]2)cc1C(=O)O. The van der Waals surface area contributed by atoms with Crippen molar-refractivity contribution in [2.75, 3.05) is 0 Å². The molecular weight excluding hydrogens is 274 g/mol. The van der Waals surface area contributed by atoms with Gasteiger partial charge in [-0.25, -0.2) is 22.9 Å². The summed E-state index contributed by atoms with van der Waals surface area (Å²) in [5.41, 5.74) is 0.00994. The molecule has 0 saturated heterocycles. The van der Waals surface area contributed by atoms with Crippen LogP contribution in [0.15, 0.2) is 28.0 Å². The van der Waals surface area contributed by atoms with Gasteiger partial charge in [-0.3, -0.25) is 0 Å². The smallest absolute Gasteiger partial charge is 0.339 e. The lowest BCUT2D eigenvalue weighted by Gasteiger charge is -2.01. The molecule has 102 valence electrons. The number of aryl methyl sites for hydroxylation is 1. The number of carbonyl (C=O) groups is 1. The number of aromatic amines is 1. The lowest BCUT2D eigenvalue weighted by molar-refractivity contribution is 0.0695. The van der Waals surface area contributed by atoms with Crippen LogP contribution in [0.5, 0.6) is 0 Å². The van der Waals surface area contributed by atoms with Crippen LogP contribution in [0, 0.1) is 6.92 Å². The van der Waals surface area contributed by atoms with Crippen molar-refractivity contribution in [3.05, 3.63) is 35.7 Å². The van der Waals surface area contributed by atoms with E-state index in [0.717, 1.165) is 0 Å². The summed E-state index contributed by atoms with van der Waals surface area (Å²) in [6, 6.07) is 1.28. The predicted molar refractivity (Wildman–Crippen MR) is 63.0 cm³/mol. The van der Waals surface area contributed by atoms with Crippen molar-refractivity contribution >= 4 is 16.0 Å². The van der Waals surface area contributed by atoms with E-state index in [1.165, 1.54) is 25.5 Å². The molecule has 2 heterocycles. The monoisotopic (exact) mass is 285 g/mol. The van der Waals surface area contributed by atoms with Gasteiger partial charge in [0, 0.05) is 0 Å². The van der Waals surface area contributed by atoms with Gasteiger partial charge in [-0.15, -0.1) is 0 Å². The first-order valence-electron chi connectivity index (χ1n) is 5.21. The summed E-state index contributed by atoms with van der Waals surface area (Å²) < 4.78 is 30.9. The van der Waals surface area contributed by atoms with Gasteiger partial charge in [0.05, 0.1) is 19.1 Å². The van der Waals surface area contributed by atoms with Crippen LogP contribution in [0.1, 0.15) is 21.9 Å². The molecule has 0 aliphatic rings. The molecule has 9 heteroatoms. The number of hydrogen-bond donors (Lipinski definition) is 3. The first kappa shape index (κ1) is 13.3. The Hall–Kier alpha value is -2.13. The lowest BCUT2D eigenvalue weighted by atomic mass is 10.2. The lowest BCUT2D eigenvalue weighted by Crippen LogP contribution is -2.23. The van der Waals surface area contributed by atoms with Crippen LogP contribution >= 0.6 is 0 Å². The van der Waals surface area contributed by atoms with Crippen LogP contribution < -0.4 is 4.72 Å². The number of carboxylic acids is 1. The molecule has 0 amide bonds. The predicted octanol–water partition coefficient (Wildman–Crippen LogP) is 0.488. The fraction of sp³-hybridized carbons (Fsp3) is 0.200. The zero-order valence-corrected chi connectivity index (χ0v) is 10.7. The van der Waals surface area contributed by atoms with Gasteiger partial charge in [0.2, 0.25) is 0 Å². The molecule has 2 rings (SSSR count). The second-order valence-corrected chi connectivity index (χ2v) is 5.46. The van der Waals surface area contributed by atoms with Gasteiger partial charge in [0.25, 0.3) is 10.0 Å². The molecule has 0 aliphatic carbocycles. The number of nitrogens with one attached hydrogen (secondary N) is 2. The highest BCUT2D eigenvalue weighted by Crippen LogP contribution is 2.15. The number of H-pyrrole nitrogens is 1. The van der Waals surface area contributed by atoms with E-state index >= 15 is 0 Å². The van der Waals surface area contributed by atoms with Crippen molar-refractivity contribution in [3.8, 4) is 0 Å². The molecule has 0 spiro atoms. The molecular formula is C10H11N3O5S. The summed E-state index contributed by atoms with van der Waals surface area (Å²) in [4.78, 5) is 16.9. The molecule has 0 saturated carbocycles. The molecule has 0 unspecified atom stereocenters. The highest BCUT2D eigenvalue weighted by molar-refractivity contribution is 7.89. The van der Waals surface area contributed by atoms with Gasteiger partial charge in [0.15, 0.2) is 5.03 Å². The average Bonchev–Trinajstić information content (AvgIpc) is 2.95. The van der Waals surface area contributed by atoms with Gasteiger partial charge >= 0.3 is 5.97 Å². The molecule has 0 bridgehead atoms. The van der Waals surface area contributed by atoms with Crippen molar-refractivity contribution in [2.24, 2.45) is 0 Å². The van der Waals surface area contributed by atoms with E-state index in [0.29, 0.717) is 0 Å². The topological polar surface area (TPSA) is 125 Å². The Bertz CT molecular complexity index is 687.